The lowest BCUT2D eigenvalue weighted by Gasteiger charge is -2.34. The molecule has 30 heavy (non-hydrogen) atoms. The van der Waals surface area contributed by atoms with Crippen LogP contribution in [0.15, 0.2) is 29.3 Å². The van der Waals surface area contributed by atoms with Crippen molar-refractivity contribution >= 4 is 16.8 Å². The number of guanidine groups is 1. The fourth-order valence-corrected chi connectivity index (χ4v) is 4.48. The molecular formula is C23H40N4O2S. The molecule has 0 bridgehead atoms. The number of rotatable bonds is 9. The first-order valence-electron chi connectivity index (χ1n) is 11.1. The van der Waals surface area contributed by atoms with Crippen molar-refractivity contribution in [3.8, 4) is 5.75 Å². The summed E-state index contributed by atoms with van der Waals surface area (Å²) in [6, 6.07) is 8.61. The van der Waals surface area contributed by atoms with Gasteiger partial charge in [-0.3, -0.25) is 14.1 Å². The molecule has 0 saturated carbocycles. The van der Waals surface area contributed by atoms with E-state index >= 15 is 0 Å². The van der Waals surface area contributed by atoms with Gasteiger partial charge in [-0.1, -0.05) is 18.6 Å². The van der Waals surface area contributed by atoms with Crippen molar-refractivity contribution < 1.29 is 8.95 Å². The first kappa shape index (κ1) is 24.7. The van der Waals surface area contributed by atoms with E-state index in [2.05, 4.69) is 34.6 Å². The first-order valence-corrected chi connectivity index (χ1v) is 12.5. The summed E-state index contributed by atoms with van der Waals surface area (Å²) in [6.45, 7) is 12.5. The molecule has 1 saturated heterocycles. The fourth-order valence-electron chi connectivity index (χ4n) is 3.58. The average molecular weight is 437 g/mol. The number of piperidine rings is 1. The van der Waals surface area contributed by atoms with Crippen LogP contribution in [0.25, 0.3) is 0 Å². The van der Waals surface area contributed by atoms with Crippen LogP contribution in [0.3, 0.4) is 0 Å². The second-order valence-corrected chi connectivity index (χ2v) is 11.0. The molecule has 1 aliphatic rings. The van der Waals surface area contributed by atoms with Gasteiger partial charge in [-0.25, -0.2) is 0 Å². The number of methoxy groups -OCH3 is 1. The Kier molecular flexibility index (Phi) is 10.1. The van der Waals surface area contributed by atoms with E-state index in [0.29, 0.717) is 18.8 Å². The second kappa shape index (κ2) is 12.3. The van der Waals surface area contributed by atoms with Crippen LogP contribution < -0.4 is 15.4 Å². The summed E-state index contributed by atoms with van der Waals surface area (Å²) in [5.41, 5.74) is 1.27. The highest BCUT2D eigenvalue weighted by molar-refractivity contribution is 7.86. The Morgan fingerprint density at radius 2 is 1.83 bits per heavy atom. The molecule has 0 amide bonds. The van der Waals surface area contributed by atoms with Crippen molar-refractivity contribution in [3.05, 3.63) is 29.8 Å². The van der Waals surface area contributed by atoms with Gasteiger partial charge < -0.3 is 15.4 Å². The molecule has 0 aromatic heterocycles. The van der Waals surface area contributed by atoms with Gasteiger partial charge in [0, 0.05) is 34.4 Å². The molecule has 0 aliphatic carbocycles. The zero-order chi connectivity index (χ0) is 22.0. The summed E-state index contributed by atoms with van der Waals surface area (Å²) in [5.74, 6) is 2.28. The highest BCUT2D eigenvalue weighted by Gasteiger charge is 2.23. The minimum Gasteiger partial charge on any atom is -0.497 e. The lowest BCUT2D eigenvalue weighted by atomic mass is 10.0. The normalized spacial score (nSPS) is 18.0. The summed E-state index contributed by atoms with van der Waals surface area (Å²) in [5, 5.41) is 6.68. The van der Waals surface area contributed by atoms with Gasteiger partial charge in [-0.05, 0) is 71.3 Å². The van der Waals surface area contributed by atoms with E-state index in [1.54, 1.807) is 7.11 Å². The van der Waals surface area contributed by atoms with Crippen LogP contribution in [0.1, 0.15) is 58.6 Å². The number of nitrogens with one attached hydrogen (secondary N) is 2. The maximum atomic E-state index is 12.3. The van der Waals surface area contributed by atoms with E-state index in [1.165, 1.54) is 24.8 Å². The molecule has 1 fully saturated rings. The van der Waals surface area contributed by atoms with E-state index < -0.39 is 10.8 Å². The van der Waals surface area contributed by atoms with Gasteiger partial charge in [0.1, 0.15) is 5.75 Å². The third kappa shape index (κ3) is 7.91. The van der Waals surface area contributed by atoms with Gasteiger partial charge in [0.2, 0.25) is 0 Å². The molecule has 1 aliphatic heterocycles. The lowest BCUT2D eigenvalue weighted by molar-refractivity contribution is 0.167. The zero-order valence-corrected chi connectivity index (χ0v) is 20.2. The molecule has 1 aromatic rings. The van der Waals surface area contributed by atoms with Crippen molar-refractivity contribution in [1.29, 1.82) is 0 Å². The van der Waals surface area contributed by atoms with E-state index in [1.807, 2.05) is 32.9 Å². The molecule has 2 atom stereocenters. The zero-order valence-electron chi connectivity index (χ0n) is 19.4. The Hall–Kier alpha value is -1.60. The smallest absolute Gasteiger partial charge is 0.191 e. The minimum atomic E-state index is -0.873. The SMILES string of the molecule is CCNC(=NCC(c1ccc(OC)cc1)N1CCCCC1)NCCS(=O)C(C)(C)C. The Balaban J connectivity index is 2.08. The van der Waals surface area contributed by atoms with Crippen LogP contribution in [0, 0.1) is 0 Å². The second-order valence-electron chi connectivity index (χ2n) is 8.69. The van der Waals surface area contributed by atoms with E-state index in [-0.39, 0.29) is 10.8 Å². The van der Waals surface area contributed by atoms with Crippen LogP contribution in [0.4, 0.5) is 0 Å². The quantitative estimate of drug-likeness (QED) is 0.459. The van der Waals surface area contributed by atoms with Crippen molar-refractivity contribution in [1.82, 2.24) is 15.5 Å². The van der Waals surface area contributed by atoms with Gasteiger partial charge >= 0.3 is 0 Å². The summed E-state index contributed by atoms with van der Waals surface area (Å²) in [6.07, 6.45) is 3.80. The monoisotopic (exact) mass is 436 g/mol. The Morgan fingerprint density at radius 1 is 1.17 bits per heavy atom. The maximum absolute atomic E-state index is 12.3. The molecule has 1 heterocycles. The van der Waals surface area contributed by atoms with Gasteiger partial charge in [-0.15, -0.1) is 0 Å². The van der Waals surface area contributed by atoms with Crippen LogP contribution in [-0.4, -0.2) is 65.4 Å². The van der Waals surface area contributed by atoms with E-state index in [0.717, 1.165) is 31.3 Å². The van der Waals surface area contributed by atoms with Crippen LogP contribution >= 0.6 is 0 Å². The molecule has 2 unspecified atom stereocenters. The fraction of sp³-hybridized carbons (Fsp3) is 0.696. The van der Waals surface area contributed by atoms with Crippen LogP contribution in [-0.2, 0) is 10.8 Å². The predicted octanol–water partition coefficient (Wildman–Crippen LogP) is 3.32. The van der Waals surface area contributed by atoms with Crippen molar-refractivity contribution in [2.75, 3.05) is 45.6 Å². The molecule has 6 nitrogen and oxygen atoms in total. The predicted molar refractivity (Wildman–Crippen MR) is 128 cm³/mol. The number of nitrogens with zero attached hydrogens (tertiary/aromatic N) is 2. The molecule has 2 rings (SSSR count). The standard InChI is InChI=1S/C23H40N4O2S/c1-6-24-22(25-14-17-30(28)23(2,3)4)26-18-21(27-15-8-7-9-16-27)19-10-12-20(29-5)13-11-19/h10-13,21H,6-9,14-18H2,1-5H3,(H2,24,25,26). The Bertz CT molecular complexity index is 679. The van der Waals surface area contributed by atoms with Gasteiger partial charge in [0.15, 0.2) is 5.96 Å². The third-order valence-corrected chi connectivity index (χ3v) is 7.30. The number of hydrogen-bond acceptors (Lipinski definition) is 4. The van der Waals surface area contributed by atoms with Crippen molar-refractivity contribution in [3.63, 3.8) is 0 Å². The number of likely N-dealkylation sites (tertiary alicyclic amines) is 1. The number of benzene rings is 1. The van der Waals surface area contributed by atoms with Crippen molar-refractivity contribution in [2.45, 2.75) is 57.7 Å². The number of aliphatic imine (C=N–C) groups is 1. The molecule has 7 heteroatoms. The summed E-state index contributed by atoms with van der Waals surface area (Å²) in [7, 11) is 0.824. The molecule has 2 N–H and O–H groups in total. The maximum Gasteiger partial charge on any atom is 0.191 e. The molecular weight excluding hydrogens is 396 g/mol. The van der Waals surface area contributed by atoms with Gasteiger partial charge in [0.25, 0.3) is 0 Å². The highest BCUT2D eigenvalue weighted by Crippen LogP contribution is 2.26. The first-order chi connectivity index (χ1) is 14.3. The average Bonchev–Trinajstić information content (AvgIpc) is 2.74. The van der Waals surface area contributed by atoms with Crippen LogP contribution in [0.5, 0.6) is 5.75 Å². The van der Waals surface area contributed by atoms with Crippen molar-refractivity contribution in [2.24, 2.45) is 4.99 Å². The minimum absolute atomic E-state index is 0.190. The van der Waals surface area contributed by atoms with E-state index in [4.69, 9.17) is 9.73 Å². The summed E-state index contributed by atoms with van der Waals surface area (Å²) < 4.78 is 17.4. The Morgan fingerprint density at radius 3 is 2.40 bits per heavy atom. The third-order valence-electron chi connectivity index (χ3n) is 5.36. The molecule has 0 radical (unpaired) electrons. The summed E-state index contributed by atoms with van der Waals surface area (Å²) in [4.78, 5) is 7.44. The van der Waals surface area contributed by atoms with E-state index in [9.17, 15) is 4.21 Å². The molecule has 1 aromatic carbocycles. The number of hydrogen-bond donors (Lipinski definition) is 2. The van der Waals surface area contributed by atoms with Gasteiger partial charge in [-0.2, -0.15) is 0 Å². The van der Waals surface area contributed by atoms with Crippen LogP contribution in [0.2, 0.25) is 0 Å². The van der Waals surface area contributed by atoms with Gasteiger partial charge in [0.05, 0.1) is 19.7 Å². The molecule has 170 valence electrons. The number of ether oxygens (including phenoxy) is 1. The molecule has 0 spiro atoms. The highest BCUT2D eigenvalue weighted by atomic mass is 32.2. The Labute approximate surface area is 185 Å². The summed E-state index contributed by atoms with van der Waals surface area (Å²) >= 11 is 0. The largest absolute Gasteiger partial charge is 0.497 e. The topological polar surface area (TPSA) is 66.0 Å². The lowest BCUT2D eigenvalue weighted by Crippen LogP contribution is -2.41.